The molecule has 0 radical (unpaired) electrons. The molecular formula is C9H13N3O3S. The van der Waals surface area contributed by atoms with E-state index in [-0.39, 0.29) is 16.0 Å². The molecule has 16 heavy (non-hydrogen) atoms. The van der Waals surface area contributed by atoms with Gasteiger partial charge in [0.2, 0.25) is 0 Å². The summed E-state index contributed by atoms with van der Waals surface area (Å²) < 4.78 is 0. The highest BCUT2D eigenvalue weighted by Gasteiger charge is 2.10. The Kier molecular flexibility index (Phi) is 4.71. The SMILES string of the molecule is CCCCNC(=O)Nc1ncc(C(=O)O)s1. The molecule has 1 heterocycles. The third-order valence-electron chi connectivity index (χ3n) is 1.75. The molecule has 88 valence electrons. The van der Waals surface area contributed by atoms with Gasteiger partial charge in [0.25, 0.3) is 0 Å². The zero-order valence-electron chi connectivity index (χ0n) is 8.82. The van der Waals surface area contributed by atoms with Gasteiger partial charge in [0, 0.05) is 6.54 Å². The van der Waals surface area contributed by atoms with Crippen LogP contribution < -0.4 is 10.6 Å². The van der Waals surface area contributed by atoms with Crippen molar-refractivity contribution in [3.05, 3.63) is 11.1 Å². The molecule has 0 unspecified atom stereocenters. The van der Waals surface area contributed by atoms with Crippen LogP contribution in [0.2, 0.25) is 0 Å². The van der Waals surface area contributed by atoms with Gasteiger partial charge in [-0.25, -0.2) is 14.6 Å². The number of nitrogens with one attached hydrogen (secondary N) is 2. The number of aromatic nitrogens is 1. The number of anilines is 1. The van der Waals surface area contributed by atoms with Gasteiger partial charge in [0.05, 0.1) is 6.20 Å². The number of carbonyl (C=O) groups is 2. The predicted molar refractivity (Wildman–Crippen MR) is 61.0 cm³/mol. The summed E-state index contributed by atoms with van der Waals surface area (Å²) in [5.41, 5.74) is 0. The van der Waals surface area contributed by atoms with Gasteiger partial charge >= 0.3 is 12.0 Å². The average molecular weight is 243 g/mol. The first-order valence-electron chi connectivity index (χ1n) is 4.87. The molecule has 0 aliphatic heterocycles. The maximum Gasteiger partial charge on any atom is 0.347 e. The van der Waals surface area contributed by atoms with Crippen LogP contribution in [0.1, 0.15) is 29.4 Å². The fourth-order valence-corrected chi connectivity index (χ4v) is 1.60. The summed E-state index contributed by atoms with van der Waals surface area (Å²) >= 11 is 0.926. The fourth-order valence-electron chi connectivity index (χ4n) is 0.951. The topological polar surface area (TPSA) is 91.3 Å². The van der Waals surface area contributed by atoms with E-state index in [0.717, 1.165) is 24.2 Å². The Morgan fingerprint density at radius 2 is 2.31 bits per heavy atom. The van der Waals surface area contributed by atoms with Crippen LogP contribution in [-0.4, -0.2) is 28.6 Å². The van der Waals surface area contributed by atoms with Gasteiger partial charge in [-0.3, -0.25) is 5.32 Å². The molecule has 0 saturated heterocycles. The Hall–Kier alpha value is -1.63. The number of carboxylic acid groups (broad SMARTS) is 1. The van der Waals surface area contributed by atoms with E-state index >= 15 is 0 Å². The minimum absolute atomic E-state index is 0.101. The fraction of sp³-hybridized carbons (Fsp3) is 0.444. The summed E-state index contributed by atoms with van der Waals surface area (Å²) in [6, 6.07) is -0.361. The molecule has 1 rings (SSSR count). The number of nitrogens with zero attached hydrogens (tertiary/aromatic N) is 1. The summed E-state index contributed by atoms with van der Waals surface area (Å²) in [6.07, 6.45) is 3.13. The third kappa shape index (κ3) is 3.85. The maximum absolute atomic E-state index is 11.3. The Morgan fingerprint density at radius 3 is 2.88 bits per heavy atom. The predicted octanol–water partition coefficient (Wildman–Crippen LogP) is 1.76. The van der Waals surface area contributed by atoms with Crippen LogP contribution in [0, 0.1) is 0 Å². The van der Waals surface area contributed by atoms with Gasteiger partial charge < -0.3 is 10.4 Å². The van der Waals surface area contributed by atoms with Crippen LogP contribution in [0.15, 0.2) is 6.20 Å². The van der Waals surface area contributed by atoms with Crippen LogP contribution in [0.5, 0.6) is 0 Å². The van der Waals surface area contributed by atoms with Gasteiger partial charge in [0.15, 0.2) is 5.13 Å². The number of carboxylic acids is 1. The Bertz CT molecular complexity index is 378. The second-order valence-electron chi connectivity index (χ2n) is 3.07. The lowest BCUT2D eigenvalue weighted by Gasteiger charge is -2.03. The van der Waals surface area contributed by atoms with E-state index in [0.29, 0.717) is 6.54 Å². The minimum Gasteiger partial charge on any atom is -0.477 e. The lowest BCUT2D eigenvalue weighted by Crippen LogP contribution is -2.29. The van der Waals surface area contributed by atoms with Crippen molar-refractivity contribution in [2.75, 3.05) is 11.9 Å². The second kappa shape index (κ2) is 6.06. The molecule has 1 aromatic rings. The van der Waals surface area contributed by atoms with Gasteiger partial charge in [0.1, 0.15) is 4.88 Å². The smallest absolute Gasteiger partial charge is 0.347 e. The maximum atomic E-state index is 11.3. The molecule has 1 aromatic heterocycles. The number of carbonyl (C=O) groups excluding carboxylic acids is 1. The van der Waals surface area contributed by atoms with Crippen molar-refractivity contribution >= 4 is 28.5 Å². The first-order chi connectivity index (χ1) is 7.63. The van der Waals surface area contributed by atoms with Gasteiger partial charge in [-0.05, 0) is 6.42 Å². The zero-order valence-corrected chi connectivity index (χ0v) is 9.63. The Labute approximate surface area is 96.7 Å². The van der Waals surface area contributed by atoms with E-state index in [9.17, 15) is 9.59 Å². The Balaban J connectivity index is 2.40. The van der Waals surface area contributed by atoms with Crippen LogP contribution in [0.4, 0.5) is 9.93 Å². The monoisotopic (exact) mass is 243 g/mol. The highest BCUT2D eigenvalue weighted by atomic mass is 32.1. The third-order valence-corrected chi connectivity index (χ3v) is 2.65. The van der Waals surface area contributed by atoms with E-state index in [1.54, 1.807) is 0 Å². The summed E-state index contributed by atoms with van der Waals surface area (Å²) in [7, 11) is 0. The number of rotatable bonds is 5. The largest absolute Gasteiger partial charge is 0.477 e. The molecule has 0 aliphatic rings. The molecule has 0 bridgehead atoms. The number of unbranched alkanes of at least 4 members (excludes halogenated alkanes) is 1. The molecule has 6 nitrogen and oxygen atoms in total. The summed E-state index contributed by atoms with van der Waals surface area (Å²) in [4.78, 5) is 25.7. The standard InChI is InChI=1S/C9H13N3O3S/c1-2-3-4-10-8(15)12-9-11-5-6(16-9)7(13)14/h5H,2-4H2,1H3,(H,13,14)(H2,10,11,12,15). The average Bonchev–Trinajstić information content (AvgIpc) is 2.66. The second-order valence-corrected chi connectivity index (χ2v) is 4.10. The summed E-state index contributed by atoms with van der Waals surface area (Å²) in [6.45, 7) is 2.62. The van der Waals surface area contributed by atoms with Gasteiger partial charge in [-0.15, -0.1) is 0 Å². The lowest BCUT2D eigenvalue weighted by molar-refractivity contribution is 0.0702. The molecule has 0 aliphatic carbocycles. The molecule has 0 saturated carbocycles. The molecular weight excluding hydrogens is 230 g/mol. The molecule has 7 heteroatoms. The van der Waals surface area contributed by atoms with Crippen molar-refractivity contribution in [3.8, 4) is 0 Å². The highest BCUT2D eigenvalue weighted by Crippen LogP contribution is 2.17. The number of hydrogen-bond donors (Lipinski definition) is 3. The van der Waals surface area contributed by atoms with Crippen LogP contribution in [0.3, 0.4) is 0 Å². The first kappa shape index (κ1) is 12.4. The van der Waals surface area contributed by atoms with Gasteiger partial charge in [-0.1, -0.05) is 24.7 Å². The molecule has 0 spiro atoms. The van der Waals surface area contributed by atoms with Crippen molar-refractivity contribution in [2.45, 2.75) is 19.8 Å². The number of amides is 2. The van der Waals surface area contributed by atoms with E-state index in [4.69, 9.17) is 5.11 Å². The van der Waals surface area contributed by atoms with Gasteiger partial charge in [-0.2, -0.15) is 0 Å². The minimum atomic E-state index is -1.04. The number of thiazole rings is 1. The number of aromatic carboxylic acids is 1. The van der Waals surface area contributed by atoms with Crippen LogP contribution in [0.25, 0.3) is 0 Å². The van der Waals surface area contributed by atoms with E-state index in [1.807, 2.05) is 6.92 Å². The lowest BCUT2D eigenvalue weighted by atomic mass is 10.3. The van der Waals surface area contributed by atoms with E-state index in [1.165, 1.54) is 6.20 Å². The van der Waals surface area contributed by atoms with Crippen LogP contribution >= 0.6 is 11.3 Å². The van der Waals surface area contributed by atoms with E-state index < -0.39 is 5.97 Å². The first-order valence-corrected chi connectivity index (χ1v) is 5.69. The van der Waals surface area contributed by atoms with Crippen molar-refractivity contribution in [1.82, 2.24) is 10.3 Å². The molecule has 0 aromatic carbocycles. The summed E-state index contributed by atoms with van der Waals surface area (Å²) in [5.74, 6) is -1.04. The van der Waals surface area contributed by atoms with Crippen molar-refractivity contribution in [3.63, 3.8) is 0 Å². The quantitative estimate of drug-likeness (QED) is 0.687. The van der Waals surface area contributed by atoms with Crippen molar-refractivity contribution < 1.29 is 14.7 Å². The molecule has 3 N–H and O–H groups in total. The zero-order chi connectivity index (χ0) is 12.0. The normalized spacial score (nSPS) is 9.81. The molecule has 0 atom stereocenters. The number of hydrogen-bond acceptors (Lipinski definition) is 4. The van der Waals surface area contributed by atoms with E-state index in [2.05, 4.69) is 15.6 Å². The summed E-state index contributed by atoms with van der Waals surface area (Å²) in [5, 5.41) is 14.0. The Morgan fingerprint density at radius 1 is 1.56 bits per heavy atom. The number of urea groups is 1. The van der Waals surface area contributed by atoms with Crippen LogP contribution in [-0.2, 0) is 0 Å². The van der Waals surface area contributed by atoms with Crippen molar-refractivity contribution in [2.24, 2.45) is 0 Å². The molecule has 0 fully saturated rings. The highest BCUT2D eigenvalue weighted by molar-refractivity contribution is 7.17. The van der Waals surface area contributed by atoms with Crippen molar-refractivity contribution in [1.29, 1.82) is 0 Å². The molecule has 2 amide bonds.